The molecule has 0 atom stereocenters. The number of aromatic nitrogens is 4. The monoisotopic (exact) mass is 159 g/mol. The lowest BCUT2D eigenvalue weighted by molar-refractivity contribution is 0.856. The fourth-order valence-corrected chi connectivity index (χ4v) is 0.878. The number of nitrogens with zero attached hydrogens (tertiary/aromatic N) is 4. The van der Waals surface area contributed by atoms with Crippen molar-refractivity contribution in [2.75, 3.05) is 0 Å². The van der Waals surface area contributed by atoms with Gasteiger partial charge in [-0.05, 0) is 6.92 Å². The standard InChI is InChI=1S/C8H7N4/c1-7-9-5-8(6-10-7)12-4-2-3-11-12/h3-6H,1H3. The highest BCUT2D eigenvalue weighted by atomic mass is 15.3. The first-order chi connectivity index (χ1) is 5.86. The van der Waals surface area contributed by atoms with E-state index in [4.69, 9.17) is 0 Å². The van der Waals surface area contributed by atoms with E-state index in [9.17, 15) is 0 Å². The van der Waals surface area contributed by atoms with Crippen molar-refractivity contribution in [3.05, 3.63) is 36.7 Å². The van der Waals surface area contributed by atoms with Crippen LogP contribution in [0, 0.1) is 13.0 Å². The molecule has 59 valence electrons. The van der Waals surface area contributed by atoms with Gasteiger partial charge >= 0.3 is 0 Å². The van der Waals surface area contributed by atoms with E-state index in [1.165, 1.54) is 0 Å². The molecule has 4 nitrogen and oxygen atoms in total. The third-order valence-electron chi connectivity index (χ3n) is 1.49. The second-order valence-electron chi connectivity index (χ2n) is 2.37. The topological polar surface area (TPSA) is 43.6 Å². The minimum atomic E-state index is 0.759. The molecule has 0 N–H and O–H groups in total. The van der Waals surface area contributed by atoms with Gasteiger partial charge < -0.3 is 0 Å². The number of aryl methyl sites for hydroxylation is 1. The highest BCUT2D eigenvalue weighted by molar-refractivity contribution is 5.22. The highest BCUT2D eigenvalue weighted by Crippen LogP contribution is 2.00. The summed E-state index contributed by atoms with van der Waals surface area (Å²) in [6.45, 7) is 1.85. The summed E-state index contributed by atoms with van der Waals surface area (Å²) in [7, 11) is 0. The molecule has 4 heteroatoms. The van der Waals surface area contributed by atoms with Gasteiger partial charge in [-0.15, -0.1) is 0 Å². The number of hydrogen-bond donors (Lipinski definition) is 0. The Morgan fingerprint density at radius 1 is 1.33 bits per heavy atom. The molecule has 2 aromatic rings. The van der Waals surface area contributed by atoms with Crippen molar-refractivity contribution in [2.24, 2.45) is 0 Å². The van der Waals surface area contributed by atoms with Crippen molar-refractivity contribution in [1.29, 1.82) is 0 Å². The predicted octanol–water partition coefficient (Wildman–Crippen LogP) is 0.771. The van der Waals surface area contributed by atoms with E-state index in [1.54, 1.807) is 29.5 Å². The van der Waals surface area contributed by atoms with Crippen LogP contribution in [0.15, 0.2) is 24.8 Å². The van der Waals surface area contributed by atoms with Crippen molar-refractivity contribution < 1.29 is 0 Å². The zero-order valence-electron chi connectivity index (χ0n) is 6.60. The molecule has 0 saturated carbocycles. The molecular formula is C8H7N4. The van der Waals surface area contributed by atoms with Crippen molar-refractivity contribution in [3.8, 4) is 5.69 Å². The summed E-state index contributed by atoms with van der Waals surface area (Å²) in [5.74, 6) is 0.759. The molecule has 0 fully saturated rings. The quantitative estimate of drug-likeness (QED) is 0.617. The molecule has 2 rings (SSSR count). The largest absolute Gasteiger partial charge is 0.239 e. The first-order valence-corrected chi connectivity index (χ1v) is 3.56. The lowest BCUT2D eigenvalue weighted by Gasteiger charge is -1.98. The summed E-state index contributed by atoms with van der Waals surface area (Å²) in [4.78, 5) is 8.10. The Balaban J connectivity index is 2.43. The van der Waals surface area contributed by atoms with Crippen molar-refractivity contribution >= 4 is 0 Å². The molecular weight excluding hydrogens is 152 g/mol. The fraction of sp³-hybridized carbons (Fsp3) is 0.125. The number of rotatable bonds is 1. The first-order valence-electron chi connectivity index (χ1n) is 3.56. The van der Waals surface area contributed by atoms with Crippen LogP contribution in [0.1, 0.15) is 5.82 Å². The molecule has 0 amide bonds. The van der Waals surface area contributed by atoms with E-state index in [2.05, 4.69) is 21.1 Å². The molecule has 12 heavy (non-hydrogen) atoms. The SMILES string of the molecule is Cc1ncc(-n2c[c]cn2)cn1. The van der Waals surface area contributed by atoms with Crippen LogP contribution in [0.3, 0.4) is 0 Å². The van der Waals surface area contributed by atoms with Crippen LogP contribution in [-0.4, -0.2) is 19.7 Å². The van der Waals surface area contributed by atoms with E-state index >= 15 is 0 Å². The zero-order chi connectivity index (χ0) is 8.39. The first kappa shape index (κ1) is 6.97. The summed E-state index contributed by atoms with van der Waals surface area (Å²) in [6, 6.07) is 2.84. The maximum atomic E-state index is 4.05. The molecule has 0 unspecified atom stereocenters. The average molecular weight is 159 g/mol. The summed E-state index contributed by atoms with van der Waals surface area (Å²) in [5, 5.41) is 4.00. The highest BCUT2D eigenvalue weighted by Gasteiger charge is 1.95. The molecule has 0 aromatic carbocycles. The van der Waals surface area contributed by atoms with Gasteiger partial charge in [0.1, 0.15) is 11.5 Å². The van der Waals surface area contributed by atoms with E-state index in [-0.39, 0.29) is 0 Å². The Morgan fingerprint density at radius 2 is 2.08 bits per heavy atom. The minimum absolute atomic E-state index is 0.759. The molecule has 0 saturated heterocycles. The van der Waals surface area contributed by atoms with Crippen LogP contribution in [0.4, 0.5) is 0 Å². The Hall–Kier alpha value is -1.71. The van der Waals surface area contributed by atoms with Crippen LogP contribution >= 0.6 is 0 Å². The summed E-state index contributed by atoms with van der Waals surface area (Å²) in [6.07, 6.45) is 6.78. The van der Waals surface area contributed by atoms with E-state index in [0.29, 0.717) is 0 Å². The van der Waals surface area contributed by atoms with Crippen molar-refractivity contribution in [2.45, 2.75) is 6.92 Å². The van der Waals surface area contributed by atoms with Gasteiger partial charge in [-0.1, -0.05) is 0 Å². The molecule has 0 spiro atoms. The van der Waals surface area contributed by atoms with Gasteiger partial charge in [-0.2, -0.15) is 5.10 Å². The second-order valence-corrected chi connectivity index (χ2v) is 2.37. The van der Waals surface area contributed by atoms with E-state index < -0.39 is 0 Å². The van der Waals surface area contributed by atoms with Crippen LogP contribution in [0.25, 0.3) is 5.69 Å². The lowest BCUT2D eigenvalue weighted by atomic mass is 10.5. The van der Waals surface area contributed by atoms with Gasteiger partial charge in [-0.25, -0.2) is 14.6 Å². The second kappa shape index (κ2) is 2.73. The summed E-state index contributed by atoms with van der Waals surface area (Å²) in [5.41, 5.74) is 0.849. The zero-order valence-corrected chi connectivity index (χ0v) is 6.60. The Morgan fingerprint density at radius 3 is 2.67 bits per heavy atom. The van der Waals surface area contributed by atoms with Crippen LogP contribution in [-0.2, 0) is 0 Å². The Labute approximate surface area is 69.9 Å². The molecule has 0 bridgehead atoms. The molecule has 0 aliphatic rings. The van der Waals surface area contributed by atoms with Gasteiger partial charge in [-0.3, -0.25) is 0 Å². The smallest absolute Gasteiger partial charge is 0.125 e. The molecule has 0 aliphatic heterocycles. The van der Waals surface area contributed by atoms with Crippen molar-refractivity contribution in [3.63, 3.8) is 0 Å². The summed E-state index contributed by atoms with van der Waals surface area (Å²) >= 11 is 0. The maximum absolute atomic E-state index is 4.05. The normalized spacial score (nSPS) is 10.1. The molecule has 2 aromatic heterocycles. The Kier molecular flexibility index (Phi) is 1.59. The van der Waals surface area contributed by atoms with E-state index in [0.717, 1.165) is 11.5 Å². The molecule has 1 radical (unpaired) electrons. The molecule has 2 heterocycles. The van der Waals surface area contributed by atoms with Crippen LogP contribution < -0.4 is 0 Å². The third kappa shape index (κ3) is 1.18. The molecule has 0 aliphatic carbocycles. The van der Waals surface area contributed by atoms with Crippen LogP contribution in [0.5, 0.6) is 0 Å². The van der Waals surface area contributed by atoms with Gasteiger partial charge in [0.25, 0.3) is 0 Å². The maximum Gasteiger partial charge on any atom is 0.125 e. The minimum Gasteiger partial charge on any atom is -0.239 e. The third-order valence-corrected chi connectivity index (χ3v) is 1.49. The van der Waals surface area contributed by atoms with Gasteiger partial charge in [0.2, 0.25) is 0 Å². The van der Waals surface area contributed by atoms with E-state index in [1.807, 2.05) is 6.92 Å². The Bertz CT molecular complexity index is 349. The van der Waals surface area contributed by atoms with Gasteiger partial charge in [0.05, 0.1) is 18.6 Å². The van der Waals surface area contributed by atoms with Gasteiger partial charge in [0, 0.05) is 12.3 Å². The number of hydrogen-bond acceptors (Lipinski definition) is 3. The fourth-order valence-electron chi connectivity index (χ4n) is 0.878. The van der Waals surface area contributed by atoms with Crippen molar-refractivity contribution in [1.82, 2.24) is 19.7 Å². The van der Waals surface area contributed by atoms with Gasteiger partial charge in [0.15, 0.2) is 0 Å². The lowest BCUT2D eigenvalue weighted by Crippen LogP contribution is -1.97. The summed E-state index contributed by atoms with van der Waals surface area (Å²) < 4.78 is 1.67. The van der Waals surface area contributed by atoms with Crippen LogP contribution in [0.2, 0.25) is 0 Å². The predicted molar refractivity (Wildman–Crippen MR) is 42.7 cm³/mol. The average Bonchev–Trinajstić information content (AvgIpc) is 2.58.